The molecule has 0 unspecified atom stereocenters. The molecule has 4 aromatic rings. The monoisotopic (exact) mass is 419 g/mol. The predicted octanol–water partition coefficient (Wildman–Crippen LogP) is 4.49. The van der Waals surface area contributed by atoms with Crippen LogP contribution in [0, 0.1) is 5.82 Å². The summed E-state index contributed by atoms with van der Waals surface area (Å²) in [6.45, 7) is 0. The lowest BCUT2D eigenvalue weighted by Crippen LogP contribution is -2.20. The molecule has 4 rings (SSSR count). The number of halogens is 1. The van der Waals surface area contributed by atoms with E-state index in [1.165, 1.54) is 30.5 Å². The molecule has 0 spiro atoms. The molecule has 2 N–H and O–H groups in total. The summed E-state index contributed by atoms with van der Waals surface area (Å²) in [5.74, 6) is 1.04. The highest BCUT2D eigenvalue weighted by Gasteiger charge is 2.10. The molecule has 0 aliphatic heterocycles. The van der Waals surface area contributed by atoms with Crippen LogP contribution in [0.15, 0.2) is 60.8 Å². The number of hydrogen-bond donors (Lipinski definition) is 2. The Morgan fingerprint density at radius 2 is 1.68 bits per heavy atom. The fraction of sp³-hybridized carbons (Fsp3) is 0.0909. The van der Waals surface area contributed by atoms with Gasteiger partial charge in [-0.05, 0) is 54.6 Å². The molecule has 0 atom stereocenters. The second kappa shape index (κ2) is 8.62. The first-order valence-corrected chi connectivity index (χ1v) is 9.25. The highest BCUT2D eigenvalue weighted by Crippen LogP contribution is 2.32. The quantitative estimate of drug-likeness (QED) is 0.495. The van der Waals surface area contributed by atoms with Gasteiger partial charge in [0.2, 0.25) is 0 Å². The van der Waals surface area contributed by atoms with Crippen LogP contribution in [0.25, 0.3) is 22.4 Å². The van der Waals surface area contributed by atoms with Crippen LogP contribution >= 0.6 is 0 Å². The van der Waals surface area contributed by atoms with Gasteiger partial charge < -0.3 is 14.8 Å². The lowest BCUT2D eigenvalue weighted by Gasteiger charge is -2.10. The van der Waals surface area contributed by atoms with Gasteiger partial charge in [0.1, 0.15) is 11.3 Å². The van der Waals surface area contributed by atoms with Gasteiger partial charge in [-0.1, -0.05) is 0 Å². The van der Waals surface area contributed by atoms with Crippen molar-refractivity contribution in [2.45, 2.75) is 0 Å². The highest BCUT2D eigenvalue weighted by molar-refractivity contribution is 5.99. The van der Waals surface area contributed by atoms with Crippen molar-refractivity contribution in [1.29, 1.82) is 0 Å². The summed E-state index contributed by atoms with van der Waals surface area (Å²) in [7, 11) is 3.14. The van der Waals surface area contributed by atoms with E-state index in [1.807, 2.05) is 18.2 Å². The number of carbonyl (C=O) groups excluding carboxylic acids is 1. The molecule has 2 heterocycles. The van der Waals surface area contributed by atoms with E-state index in [-0.39, 0.29) is 11.6 Å². The summed E-state index contributed by atoms with van der Waals surface area (Å²) in [6, 6.07) is 14.0. The number of rotatable bonds is 5. The molecule has 0 radical (unpaired) electrons. The van der Waals surface area contributed by atoms with Crippen molar-refractivity contribution < 1.29 is 18.7 Å². The maximum absolute atomic E-state index is 13.0. The normalized spacial score (nSPS) is 10.5. The number of amides is 2. The molecule has 2 aromatic carbocycles. The number of anilines is 2. The summed E-state index contributed by atoms with van der Waals surface area (Å²) in [5.41, 5.74) is 2.87. The standard InChI is InChI=1S/C22H18FN5O3/c1-30-18-10-3-13(11-19(18)31-2)16-8-9-17-21(26-16)27-20(12-24-17)28-22(29)25-15-6-4-14(23)5-7-15/h3-12H,1-2H3,(H2,25,26,27,28,29). The zero-order valence-electron chi connectivity index (χ0n) is 16.7. The molecule has 0 saturated heterocycles. The Bertz CT molecular complexity index is 1250. The Labute approximate surface area is 177 Å². The molecular formula is C22H18FN5O3. The SMILES string of the molecule is COc1ccc(-c2ccc3ncc(NC(=O)Nc4ccc(F)cc4)nc3n2)cc1OC. The molecule has 0 saturated carbocycles. The van der Waals surface area contributed by atoms with E-state index in [9.17, 15) is 9.18 Å². The Hall–Kier alpha value is -4.27. The molecule has 9 heteroatoms. The largest absolute Gasteiger partial charge is 0.493 e. The van der Waals surface area contributed by atoms with Gasteiger partial charge >= 0.3 is 6.03 Å². The zero-order chi connectivity index (χ0) is 21.8. The van der Waals surface area contributed by atoms with Gasteiger partial charge in [0.15, 0.2) is 23.0 Å². The van der Waals surface area contributed by atoms with Crippen molar-refractivity contribution >= 4 is 28.7 Å². The lowest BCUT2D eigenvalue weighted by molar-refractivity contribution is 0.262. The third-order valence-electron chi connectivity index (χ3n) is 4.43. The molecule has 31 heavy (non-hydrogen) atoms. The molecule has 8 nitrogen and oxygen atoms in total. The smallest absolute Gasteiger partial charge is 0.324 e. The van der Waals surface area contributed by atoms with Gasteiger partial charge in [-0.15, -0.1) is 0 Å². The minimum absolute atomic E-state index is 0.226. The number of aromatic nitrogens is 3. The van der Waals surface area contributed by atoms with Crippen molar-refractivity contribution in [3.05, 3.63) is 66.6 Å². The zero-order valence-corrected chi connectivity index (χ0v) is 16.7. The molecule has 0 aliphatic rings. The molecule has 0 aliphatic carbocycles. The Morgan fingerprint density at radius 1 is 0.903 bits per heavy atom. The van der Waals surface area contributed by atoms with Crippen molar-refractivity contribution in [2.24, 2.45) is 0 Å². The fourth-order valence-corrected chi connectivity index (χ4v) is 2.93. The third kappa shape index (κ3) is 4.50. The van der Waals surface area contributed by atoms with E-state index in [1.54, 1.807) is 26.4 Å². The summed E-state index contributed by atoms with van der Waals surface area (Å²) >= 11 is 0. The summed E-state index contributed by atoms with van der Waals surface area (Å²) in [6.07, 6.45) is 1.43. The number of nitrogens with one attached hydrogen (secondary N) is 2. The number of hydrogen-bond acceptors (Lipinski definition) is 6. The van der Waals surface area contributed by atoms with Gasteiger partial charge in [0.25, 0.3) is 0 Å². The summed E-state index contributed by atoms with van der Waals surface area (Å²) < 4.78 is 23.6. The molecule has 2 aromatic heterocycles. The topological polar surface area (TPSA) is 98.3 Å². The summed E-state index contributed by atoms with van der Waals surface area (Å²) in [5, 5.41) is 5.19. The number of carbonyl (C=O) groups is 1. The first kappa shape index (κ1) is 20.0. The van der Waals surface area contributed by atoms with Crippen LogP contribution in [0.4, 0.5) is 20.7 Å². The molecule has 156 valence electrons. The van der Waals surface area contributed by atoms with Gasteiger partial charge in [-0.2, -0.15) is 0 Å². The molecule has 2 amide bonds. The van der Waals surface area contributed by atoms with Crippen LogP contribution in [0.5, 0.6) is 11.5 Å². The van der Waals surface area contributed by atoms with Gasteiger partial charge in [-0.3, -0.25) is 5.32 Å². The average molecular weight is 419 g/mol. The first-order chi connectivity index (χ1) is 15.1. The minimum atomic E-state index is -0.531. The van der Waals surface area contributed by atoms with E-state index in [0.29, 0.717) is 34.0 Å². The maximum atomic E-state index is 13.0. The second-order valence-corrected chi connectivity index (χ2v) is 6.45. The van der Waals surface area contributed by atoms with Crippen LogP contribution in [-0.2, 0) is 0 Å². The van der Waals surface area contributed by atoms with Crippen LogP contribution in [0.3, 0.4) is 0 Å². The number of nitrogens with zero attached hydrogens (tertiary/aromatic N) is 3. The van der Waals surface area contributed by atoms with E-state index in [4.69, 9.17) is 9.47 Å². The fourth-order valence-electron chi connectivity index (χ4n) is 2.93. The Morgan fingerprint density at radius 3 is 2.42 bits per heavy atom. The molecule has 0 fully saturated rings. The van der Waals surface area contributed by atoms with E-state index >= 15 is 0 Å². The predicted molar refractivity (Wildman–Crippen MR) is 115 cm³/mol. The second-order valence-electron chi connectivity index (χ2n) is 6.45. The number of urea groups is 1. The van der Waals surface area contributed by atoms with Crippen LogP contribution in [0.2, 0.25) is 0 Å². The van der Waals surface area contributed by atoms with Crippen molar-refractivity contribution in [3.8, 4) is 22.8 Å². The highest BCUT2D eigenvalue weighted by atomic mass is 19.1. The van der Waals surface area contributed by atoms with Crippen LogP contribution in [0.1, 0.15) is 0 Å². The van der Waals surface area contributed by atoms with Gasteiger partial charge in [0.05, 0.1) is 26.1 Å². The van der Waals surface area contributed by atoms with Crippen LogP contribution in [-0.4, -0.2) is 35.2 Å². The van der Waals surface area contributed by atoms with Crippen molar-refractivity contribution in [3.63, 3.8) is 0 Å². The van der Waals surface area contributed by atoms with Gasteiger partial charge in [0, 0.05) is 11.3 Å². The third-order valence-corrected chi connectivity index (χ3v) is 4.43. The summed E-state index contributed by atoms with van der Waals surface area (Å²) in [4.78, 5) is 25.4. The Kier molecular flexibility index (Phi) is 5.57. The van der Waals surface area contributed by atoms with Gasteiger partial charge in [-0.25, -0.2) is 24.1 Å². The minimum Gasteiger partial charge on any atom is -0.493 e. The number of methoxy groups -OCH3 is 2. The van der Waals surface area contributed by atoms with E-state index in [0.717, 1.165) is 5.56 Å². The van der Waals surface area contributed by atoms with Crippen molar-refractivity contribution in [2.75, 3.05) is 24.9 Å². The number of benzene rings is 2. The first-order valence-electron chi connectivity index (χ1n) is 9.25. The van der Waals surface area contributed by atoms with E-state index < -0.39 is 6.03 Å². The average Bonchev–Trinajstić information content (AvgIpc) is 2.79. The number of fused-ring (bicyclic) bond motifs is 1. The molecule has 0 bridgehead atoms. The van der Waals surface area contributed by atoms with Crippen molar-refractivity contribution in [1.82, 2.24) is 15.0 Å². The Balaban J connectivity index is 1.57. The number of ether oxygens (including phenoxy) is 2. The molecular weight excluding hydrogens is 401 g/mol. The lowest BCUT2D eigenvalue weighted by atomic mass is 10.1. The van der Waals surface area contributed by atoms with Crippen LogP contribution < -0.4 is 20.1 Å². The maximum Gasteiger partial charge on any atom is 0.324 e. The number of pyridine rings is 1. The van der Waals surface area contributed by atoms with E-state index in [2.05, 4.69) is 25.6 Å².